The van der Waals surface area contributed by atoms with Crippen LogP contribution in [0, 0.1) is 0 Å². The summed E-state index contributed by atoms with van der Waals surface area (Å²) in [6.45, 7) is 6.41. The summed E-state index contributed by atoms with van der Waals surface area (Å²) in [6.07, 6.45) is 6.53. The Hall–Kier alpha value is -3.14. The zero-order valence-corrected chi connectivity index (χ0v) is 18.1. The van der Waals surface area contributed by atoms with Gasteiger partial charge < -0.3 is 10.1 Å². The Morgan fingerprint density at radius 2 is 1.73 bits per heavy atom. The van der Waals surface area contributed by atoms with Gasteiger partial charge in [-0.15, -0.1) is 0 Å². The van der Waals surface area contributed by atoms with Crippen molar-refractivity contribution in [3.05, 3.63) is 66.4 Å². The van der Waals surface area contributed by atoms with Crippen molar-refractivity contribution in [2.45, 2.75) is 46.5 Å². The third-order valence-electron chi connectivity index (χ3n) is 5.02. The van der Waals surface area contributed by atoms with Gasteiger partial charge in [-0.2, -0.15) is 0 Å². The molecule has 156 valence electrons. The Bertz CT molecular complexity index is 963. The van der Waals surface area contributed by atoms with Crippen molar-refractivity contribution >= 4 is 11.6 Å². The highest BCUT2D eigenvalue weighted by Crippen LogP contribution is 2.29. The quantitative estimate of drug-likeness (QED) is 0.415. The number of ether oxygens (including phenoxy) is 1. The van der Waals surface area contributed by atoms with Gasteiger partial charge in [0.05, 0.1) is 12.3 Å². The molecule has 0 bridgehead atoms. The second-order valence-corrected chi connectivity index (χ2v) is 7.40. The summed E-state index contributed by atoms with van der Waals surface area (Å²) in [5.41, 5.74) is 6.34. The van der Waals surface area contributed by atoms with E-state index in [1.54, 1.807) is 0 Å². The van der Waals surface area contributed by atoms with Crippen LogP contribution in [0.15, 0.2) is 60.8 Å². The lowest BCUT2D eigenvalue weighted by molar-refractivity contribution is -0.114. The standard InChI is InChI=1S/C26H30N2O2/c1-4-6-7-8-21-17-24(30-5-2)14-15-25(21)26-16-11-22(18-27-26)20-9-12-23(13-10-20)28-19(3)29/h9-18H,4-8H2,1-3H3,(H,28,29). The lowest BCUT2D eigenvalue weighted by Gasteiger charge is -2.13. The van der Waals surface area contributed by atoms with E-state index in [1.807, 2.05) is 43.5 Å². The summed E-state index contributed by atoms with van der Waals surface area (Å²) >= 11 is 0. The molecule has 1 N–H and O–H groups in total. The highest BCUT2D eigenvalue weighted by molar-refractivity contribution is 5.89. The van der Waals surface area contributed by atoms with Crippen molar-refractivity contribution < 1.29 is 9.53 Å². The number of nitrogens with one attached hydrogen (secondary N) is 1. The summed E-state index contributed by atoms with van der Waals surface area (Å²) in [5.74, 6) is 0.850. The molecule has 2 aromatic carbocycles. The molecule has 4 heteroatoms. The molecule has 0 saturated carbocycles. The SMILES string of the molecule is CCCCCc1cc(OCC)ccc1-c1ccc(-c2ccc(NC(C)=O)cc2)cn1. The molecule has 0 atom stereocenters. The number of hydrogen-bond acceptors (Lipinski definition) is 3. The van der Waals surface area contributed by atoms with Crippen molar-refractivity contribution in [3.8, 4) is 28.1 Å². The van der Waals surface area contributed by atoms with Crippen LogP contribution in [0.25, 0.3) is 22.4 Å². The molecule has 3 rings (SSSR count). The van der Waals surface area contributed by atoms with Crippen LogP contribution in [0.5, 0.6) is 5.75 Å². The van der Waals surface area contributed by atoms with Crippen molar-refractivity contribution in [2.24, 2.45) is 0 Å². The molecule has 1 amide bonds. The Morgan fingerprint density at radius 3 is 2.37 bits per heavy atom. The summed E-state index contributed by atoms with van der Waals surface area (Å²) in [4.78, 5) is 15.9. The molecule has 0 aliphatic carbocycles. The minimum Gasteiger partial charge on any atom is -0.494 e. The van der Waals surface area contributed by atoms with E-state index in [-0.39, 0.29) is 5.91 Å². The van der Waals surface area contributed by atoms with Crippen LogP contribution in [-0.2, 0) is 11.2 Å². The first-order valence-corrected chi connectivity index (χ1v) is 10.7. The Labute approximate surface area is 179 Å². The maximum atomic E-state index is 11.2. The maximum absolute atomic E-state index is 11.2. The molecule has 1 aromatic heterocycles. The minimum absolute atomic E-state index is 0.0705. The number of hydrogen-bond donors (Lipinski definition) is 1. The monoisotopic (exact) mass is 402 g/mol. The predicted octanol–water partition coefficient (Wildman–Crippen LogP) is 6.51. The highest BCUT2D eigenvalue weighted by atomic mass is 16.5. The number of rotatable bonds is 9. The van der Waals surface area contributed by atoms with Crippen molar-refractivity contribution in [2.75, 3.05) is 11.9 Å². The zero-order valence-electron chi connectivity index (χ0n) is 18.1. The lowest BCUT2D eigenvalue weighted by atomic mass is 9.97. The van der Waals surface area contributed by atoms with E-state index in [2.05, 4.69) is 36.5 Å². The number of nitrogens with zero attached hydrogens (tertiary/aromatic N) is 1. The van der Waals surface area contributed by atoms with Gasteiger partial charge in [-0.25, -0.2) is 0 Å². The van der Waals surface area contributed by atoms with Crippen molar-refractivity contribution in [1.29, 1.82) is 0 Å². The molecule has 0 saturated heterocycles. The Kier molecular flexibility index (Phi) is 7.61. The smallest absolute Gasteiger partial charge is 0.221 e. The van der Waals surface area contributed by atoms with E-state index in [0.29, 0.717) is 6.61 Å². The summed E-state index contributed by atoms with van der Waals surface area (Å²) < 4.78 is 5.71. The van der Waals surface area contributed by atoms with Crippen LogP contribution in [0.2, 0.25) is 0 Å². The first-order valence-electron chi connectivity index (χ1n) is 10.7. The van der Waals surface area contributed by atoms with Gasteiger partial charge in [0.1, 0.15) is 5.75 Å². The van der Waals surface area contributed by atoms with Gasteiger partial charge in [0, 0.05) is 29.9 Å². The number of unbranched alkanes of at least 4 members (excludes halogenated alkanes) is 2. The first kappa shape index (κ1) is 21.6. The van der Waals surface area contributed by atoms with E-state index >= 15 is 0 Å². The molecule has 0 radical (unpaired) electrons. The van der Waals surface area contributed by atoms with Crippen LogP contribution in [0.1, 0.15) is 45.6 Å². The molecule has 0 aliphatic heterocycles. The molecule has 4 nitrogen and oxygen atoms in total. The van der Waals surface area contributed by atoms with Gasteiger partial charge in [0.15, 0.2) is 0 Å². The second kappa shape index (κ2) is 10.6. The third-order valence-corrected chi connectivity index (χ3v) is 5.02. The summed E-state index contributed by atoms with van der Waals surface area (Å²) in [5, 5.41) is 2.79. The number of pyridine rings is 1. The van der Waals surface area contributed by atoms with Gasteiger partial charge in [-0.05, 0) is 67.3 Å². The molecule has 30 heavy (non-hydrogen) atoms. The van der Waals surface area contributed by atoms with Gasteiger partial charge in [-0.3, -0.25) is 9.78 Å². The maximum Gasteiger partial charge on any atom is 0.221 e. The molecule has 0 aliphatic rings. The van der Waals surface area contributed by atoms with E-state index < -0.39 is 0 Å². The normalized spacial score (nSPS) is 10.6. The summed E-state index contributed by atoms with van der Waals surface area (Å²) in [6, 6.07) is 18.3. The minimum atomic E-state index is -0.0705. The molecular formula is C26H30N2O2. The molecule has 3 aromatic rings. The zero-order chi connectivity index (χ0) is 21.3. The molecule has 0 spiro atoms. The molecule has 1 heterocycles. The Morgan fingerprint density at radius 1 is 0.967 bits per heavy atom. The van der Waals surface area contributed by atoms with Gasteiger partial charge in [0.2, 0.25) is 5.91 Å². The average molecular weight is 403 g/mol. The third kappa shape index (κ3) is 5.69. The number of carbonyl (C=O) groups excluding carboxylic acids is 1. The predicted molar refractivity (Wildman–Crippen MR) is 124 cm³/mol. The fourth-order valence-electron chi connectivity index (χ4n) is 3.52. The van der Waals surface area contributed by atoms with Crippen LogP contribution in [0.3, 0.4) is 0 Å². The topological polar surface area (TPSA) is 51.2 Å². The fourth-order valence-corrected chi connectivity index (χ4v) is 3.52. The fraction of sp³-hybridized carbons (Fsp3) is 0.308. The van der Waals surface area contributed by atoms with E-state index in [1.165, 1.54) is 30.9 Å². The second-order valence-electron chi connectivity index (χ2n) is 7.40. The summed E-state index contributed by atoms with van der Waals surface area (Å²) in [7, 11) is 0. The largest absolute Gasteiger partial charge is 0.494 e. The highest BCUT2D eigenvalue weighted by Gasteiger charge is 2.09. The van der Waals surface area contributed by atoms with Crippen LogP contribution in [0.4, 0.5) is 5.69 Å². The van der Waals surface area contributed by atoms with Crippen molar-refractivity contribution in [3.63, 3.8) is 0 Å². The number of benzene rings is 2. The van der Waals surface area contributed by atoms with Crippen molar-refractivity contribution in [1.82, 2.24) is 4.98 Å². The Balaban J connectivity index is 1.83. The average Bonchev–Trinajstić information content (AvgIpc) is 2.75. The van der Waals surface area contributed by atoms with Crippen LogP contribution < -0.4 is 10.1 Å². The first-order chi connectivity index (χ1) is 14.6. The lowest BCUT2D eigenvalue weighted by Crippen LogP contribution is -2.05. The van der Waals surface area contributed by atoms with E-state index in [4.69, 9.17) is 9.72 Å². The van der Waals surface area contributed by atoms with E-state index in [9.17, 15) is 4.79 Å². The van der Waals surface area contributed by atoms with Crippen LogP contribution >= 0.6 is 0 Å². The molecular weight excluding hydrogens is 372 g/mol. The molecule has 0 fully saturated rings. The molecule has 0 unspecified atom stereocenters. The number of aromatic nitrogens is 1. The number of anilines is 1. The van der Waals surface area contributed by atoms with E-state index in [0.717, 1.165) is 41.1 Å². The number of carbonyl (C=O) groups is 1. The number of amides is 1. The van der Waals surface area contributed by atoms with Gasteiger partial charge in [-0.1, -0.05) is 38.0 Å². The number of aryl methyl sites for hydroxylation is 1. The van der Waals surface area contributed by atoms with Gasteiger partial charge in [0.25, 0.3) is 0 Å². The van der Waals surface area contributed by atoms with Gasteiger partial charge >= 0.3 is 0 Å². The van der Waals surface area contributed by atoms with Crippen LogP contribution in [-0.4, -0.2) is 17.5 Å².